The number of aryl methyl sites for hydroxylation is 1. The van der Waals surface area contributed by atoms with Crippen molar-refractivity contribution >= 4 is 0 Å². The van der Waals surface area contributed by atoms with E-state index in [9.17, 15) is 8.78 Å². The van der Waals surface area contributed by atoms with E-state index >= 15 is 0 Å². The maximum atomic E-state index is 13.3. The van der Waals surface area contributed by atoms with Crippen LogP contribution in [0.25, 0.3) is 0 Å². The molecule has 1 saturated carbocycles. The number of rotatable bonds is 2. The summed E-state index contributed by atoms with van der Waals surface area (Å²) in [7, 11) is 0. The van der Waals surface area contributed by atoms with Gasteiger partial charge < -0.3 is 0 Å². The predicted octanol–water partition coefficient (Wildman–Crippen LogP) is 4.07. The Labute approximate surface area is 89.3 Å². The lowest BCUT2D eigenvalue weighted by Crippen LogP contribution is -2.31. The zero-order valence-electron chi connectivity index (χ0n) is 8.97. The SMILES string of the molecule is Cc1ccccc1C1(C(F)F)CCCC1. The molecule has 0 atom stereocenters. The molecule has 0 saturated heterocycles. The van der Waals surface area contributed by atoms with Gasteiger partial charge in [-0.1, -0.05) is 37.1 Å². The van der Waals surface area contributed by atoms with Crippen LogP contribution in [0.2, 0.25) is 0 Å². The van der Waals surface area contributed by atoms with E-state index in [-0.39, 0.29) is 0 Å². The second-order valence-corrected chi connectivity index (χ2v) is 4.48. The minimum Gasteiger partial charge on any atom is -0.210 e. The van der Waals surface area contributed by atoms with Gasteiger partial charge >= 0.3 is 0 Å². The monoisotopic (exact) mass is 210 g/mol. The van der Waals surface area contributed by atoms with Gasteiger partial charge in [-0.15, -0.1) is 0 Å². The number of alkyl halides is 2. The van der Waals surface area contributed by atoms with Crippen LogP contribution in [0.5, 0.6) is 0 Å². The highest BCUT2D eigenvalue weighted by Crippen LogP contribution is 2.46. The maximum Gasteiger partial charge on any atom is 0.248 e. The molecule has 2 heteroatoms. The summed E-state index contributed by atoms with van der Waals surface area (Å²) in [4.78, 5) is 0. The zero-order chi connectivity index (χ0) is 10.9. The average molecular weight is 210 g/mol. The number of hydrogen-bond donors (Lipinski definition) is 0. The molecule has 0 aliphatic heterocycles. The highest BCUT2D eigenvalue weighted by atomic mass is 19.3. The molecule has 1 aromatic carbocycles. The molecule has 0 radical (unpaired) electrons. The Morgan fingerprint density at radius 1 is 1.13 bits per heavy atom. The third-order valence-corrected chi connectivity index (χ3v) is 3.59. The summed E-state index contributed by atoms with van der Waals surface area (Å²) in [6, 6.07) is 7.57. The number of hydrogen-bond acceptors (Lipinski definition) is 0. The fraction of sp³-hybridized carbons (Fsp3) is 0.538. The van der Waals surface area contributed by atoms with E-state index in [1.165, 1.54) is 0 Å². The quantitative estimate of drug-likeness (QED) is 0.690. The Bertz CT molecular complexity index is 338. The van der Waals surface area contributed by atoms with Gasteiger partial charge in [-0.05, 0) is 30.9 Å². The molecule has 15 heavy (non-hydrogen) atoms. The molecule has 0 spiro atoms. The van der Waals surface area contributed by atoms with Gasteiger partial charge in [0.15, 0.2) is 0 Å². The first-order valence-corrected chi connectivity index (χ1v) is 5.51. The highest BCUT2D eigenvalue weighted by molar-refractivity contribution is 5.35. The first-order valence-electron chi connectivity index (χ1n) is 5.51. The first-order chi connectivity index (χ1) is 7.17. The van der Waals surface area contributed by atoms with Crippen molar-refractivity contribution in [2.24, 2.45) is 0 Å². The van der Waals surface area contributed by atoms with Crippen molar-refractivity contribution in [3.63, 3.8) is 0 Å². The maximum absolute atomic E-state index is 13.3. The molecule has 2 rings (SSSR count). The summed E-state index contributed by atoms with van der Waals surface area (Å²) < 4.78 is 26.5. The van der Waals surface area contributed by atoms with E-state index in [2.05, 4.69) is 0 Å². The van der Waals surface area contributed by atoms with Crippen LogP contribution in [0.3, 0.4) is 0 Å². The van der Waals surface area contributed by atoms with Crippen LogP contribution in [-0.2, 0) is 5.41 Å². The summed E-state index contributed by atoms with van der Waals surface area (Å²) in [6.07, 6.45) is 0.892. The molecule has 0 bridgehead atoms. The van der Waals surface area contributed by atoms with E-state index in [0.29, 0.717) is 12.8 Å². The largest absolute Gasteiger partial charge is 0.248 e. The first kappa shape index (κ1) is 10.6. The average Bonchev–Trinajstić information content (AvgIpc) is 2.68. The standard InChI is InChI=1S/C13H16F2/c1-10-6-2-3-7-11(10)13(12(14)15)8-4-5-9-13/h2-3,6-7,12H,4-5,8-9H2,1H3. The molecule has 1 fully saturated rings. The Balaban J connectivity index is 2.46. The van der Waals surface area contributed by atoms with E-state index in [0.717, 1.165) is 24.0 Å². The minimum absolute atomic E-state index is 0.634. The fourth-order valence-electron chi connectivity index (χ4n) is 2.74. The van der Waals surface area contributed by atoms with Crippen LogP contribution in [0.4, 0.5) is 8.78 Å². The van der Waals surface area contributed by atoms with Crippen molar-refractivity contribution in [2.75, 3.05) is 0 Å². The molecule has 82 valence electrons. The van der Waals surface area contributed by atoms with Crippen LogP contribution in [-0.4, -0.2) is 6.43 Å². The van der Waals surface area contributed by atoms with E-state index in [1.54, 1.807) is 0 Å². The summed E-state index contributed by atoms with van der Waals surface area (Å²) in [5, 5.41) is 0. The molecule has 1 aromatic rings. The van der Waals surface area contributed by atoms with E-state index in [4.69, 9.17) is 0 Å². The molecular formula is C13H16F2. The molecular weight excluding hydrogens is 194 g/mol. The third-order valence-electron chi connectivity index (χ3n) is 3.59. The molecule has 0 heterocycles. The summed E-state index contributed by atoms with van der Waals surface area (Å²) in [6.45, 7) is 1.93. The lowest BCUT2D eigenvalue weighted by Gasteiger charge is -2.30. The lowest BCUT2D eigenvalue weighted by molar-refractivity contribution is 0.0518. The van der Waals surface area contributed by atoms with Crippen LogP contribution in [0.1, 0.15) is 36.8 Å². The van der Waals surface area contributed by atoms with Crippen LogP contribution >= 0.6 is 0 Å². The van der Waals surface area contributed by atoms with Crippen molar-refractivity contribution in [1.29, 1.82) is 0 Å². The molecule has 0 nitrogen and oxygen atoms in total. The predicted molar refractivity (Wildman–Crippen MR) is 57.3 cm³/mol. The van der Waals surface area contributed by atoms with Gasteiger partial charge in [0.25, 0.3) is 0 Å². The summed E-state index contributed by atoms with van der Waals surface area (Å²) in [5.74, 6) is 0. The lowest BCUT2D eigenvalue weighted by atomic mass is 9.77. The molecule has 1 aliphatic carbocycles. The van der Waals surface area contributed by atoms with Crippen LogP contribution in [0.15, 0.2) is 24.3 Å². The smallest absolute Gasteiger partial charge is 0.210 e. The summed E-state index contributed by atoms with van der Waals surface area (Å²) in [5.41, 5.74) is 1.00. The van der Waals surface area contributed by atoms with Crippen molar-refractivity contribution < 1.29 is 8.78 Å². The van der Waals surface area contributed by atoms with Crippen LogP contribution in [0, 0.1) is 6.92 Å². The van der Waals surface area contributed by atoms with E-state index < -0.39 is 11.8 Å². The Morgan fingerprint density at radius 3 is 2.27 bits per heavy atom. The molecule has 0 N–H and O–H groups in total. The van der Waals surface area contributed by atoms with Crippen molar-refractivity contribution in [1.82, 2.24) is 0 Å². The molecule has 1 aliphatic rings. The molecule has 0 unspecified atom stereocenters. The van der Waals surface area contributed by atoms with Gasteiger partial charge in [-0.3, -0.25) is 0 Å². The molecule has 0 aromatic heterocycles. The summed E-state index contributed by atoms with van der Waals surface area (Å²) >= 11 is 0. The number of halogens is 2. The Hall–Kier alpha value is -0.920. The van der Waals surface area contributed by atoms with Gasteiger partial charge in [0.05, 0.1) is 5.41 Å². The van der Waals surface area contributed by atoms with Crippen molar-refractivity contribution in [3.05, 3.63) is 35.4 Å². The van der Waals surface area contributed by atoms with Gasteiger partial charge in [-0.25, -0.2) is 8.78 Å². The topological polar surface area (TPSA) is 0 Å². The van der Waals surface area contributed by atoms with Gasteiger partial charge in [-0.2, -0.15) is 0 Å². The highest BCUT2D eigenvalue weighted by Gasteiger charge is 2.44. The third kappa shape index (κ3) is 1.66. The van der Waals surface area contributed by atoms with Gasteiger partial charge in [0.1, 0.15) is 0 Å². The minimum atomic E-state index is -2.24. The zero-order valence-corrected chi connectivity index (χ0v) is 8.97. The van der Waals surface area contributed by atoms with Crippen molar-refractivity contribution in [2.45, 2.75) is 44.4 Å². The van der Waals surface area contributed by atoms with Gasteiger partial charge in [0.2, 0.25) is 6.43 Å². The fourth-order valence-corrected chi connectivity index (χ4v) is 2.74. The second kappa shape index (κ2) is 3.92. The number of benzene rings is 1. The Kier molecular flexibility index (Phi) is 2.76. The van der Waals surface area contributed by atoms with Crippen LogP contribution < -0.4 is 0 Å². The molecule has 0 amide bonds. The normalized spacial score (nSPS) is 19.7. The van der Waals surface area contributed by atoms with Gasteiger partial charge in [0, 0.05) is 0 Å². The van der Waals surface area contributed by atoms with Crippen molar-refractivity contribution in [3.8, 4) is 0 Å². The second-order valence-electron chi connectivity index (χ2n) is 4.48. The van der Waals surface area contributed by atoms with E-state index in [1.807, 2.05) is 31.2 Å². The Morgan fingerprint density at radius 2 is 1.73 bits per heavy atom.